The van der Waals surface area contributed by atoms with Crippen LogP contribution in [0.15, 0.2) is 0 Å². The maximum Gasteiger partial charge on any atom is 0.324 e. The molecule has 20 heavy (non-hydrogen) atoms. The van der Waals surface area contributed by atoms with Crippen molar-refractivity contribution in [3.05, 3.63) is 0 Å². The molecule has 0 radical (unpaired) electrons. The molecule has 0 unspecified atom stereocenters. The van der Waals surface area contributed by atoms with Gasteiger partial charge in [-0.1, -0.05) is 71.1 Å². The van der Waals surface area contributed by atoms with Crippen molar-refractivity contribution in [1.82, 2.24) is 5.48 Å². The summed E-state index contributed by atoms with van der Waals surface area (Å²) in [6, 6.07) is 0. The smallest absolute Gasteiger partial charge is 0.324 e. The maximum atomic E-state index is 11.3. The van der Waals surface area contributed by atoms with E-state index in [9.17, 15) is 4.79 Å². The lowest BCUT2D eigenvalue weighted by Crippen LogP contribution is -2.25. The monoisotopic (exact) mass is 286 g/mol. The topological polar surface area (TPSA) is 64.3 Å². The van der Waals surface area contributed by atoms with Crippen LogP contribution in [-0.2, 0) is 9.63 Å². The van der Waals surface area contributed by atoms with E-state index in [0.717, 1.165) is 12.8 Å². The zero-order valence-corrected chi connectivity index (χ0v) is 13.3. The maximum absolute atomic E-state index is 11.3. The van der Waals surface area contributed by atoms with E-state index < -0.39 is 0 Å². The highest BCUT2D eigenvalue weighted by Gasteiger charge is 2.01. The van der Waals surface area contributed by atoms with Gasteiger partial charge in [0.2, 0.25) is 0 Å². The predicted molar refractivity (Wildman–Crippen MR) is 84.2 cm³/mol. The fourth-order valence-corrected chi connectivity index (χ4v) is 2.18. The molecular formula is C16H34N2O2. The lowest BCUT2D eigenvalue weighted by Gasteiger charge is -2.04. The first-order chi connectivity index (χ1) is 9.81. The summed E-state index contributed by atoms with van der Waals surface area (Å²) in [5.41, 5.74) is 7.82. The van der Waals surface area contributed by atoms with Crippen molar-refractivity contribution >= 4 is 5.97 Å². The van der Waals surface area contributed by atoms with E-state index in [4.69, 9.17) is 10.6 Å². The number of hydrogen-bond donors (Lipinski definition) is 2. The zero-order valence-electron chi connectivity index (χ0n) is 13.3. The van der Waals surface area contributed by atoms with Crippen molar-refractivity contribution in [2.75, 3.05) is 13.1 Å². The molecule has 0 aliphatic carbocycles. The Kier molecular flexibility index (Phi) is 15.9. The predicted octanol–water partition coefficient (Wildman–Crippen LogP) is 3.69. The van der Waals surface area contributed by atoms with Crippen LogP contribution >= 0.6 is 0 Å². The molecule has 0 amide bonds. The molecule has 0 atom stereocenters. The van der Waals surface area contributed by atoms with E-state index in [1.165, 1.54) is 57.8 Å². The van der Waals surface area contributed by atoms with E-state index in [0.29, 0.717) is 19.5 Å². The number of rotatable bonds is 15. The summed E-state index contributed by atoms with van der Waals surface area (Å²) in [4.78, 5) is 16.1. The summed E-state index contributed by atoms with van der Waals surface area (Å²) in [5.74, 6) is -0.172. The molecule has 0 saturated heterocycles. The van der Waals surface area contributed by atoms with Gasteiger partial charge in [-0.25, -0.2) is 0 Å². The number of hydrogen-bond acceptors (Lipinski definition) is 4. The quantitative estimate of drug-likeness (QED) is 0.356. The van der Waals surface area contributed by atoms with Crippen molar-refractivity contribution in [3.63, 3.8) is 0 Å². The third-order valence-electron chi connectivity index (χ3n) is 3.42. The Bertz CT molecular complexity index is 211. The van der Waals surface area contributed by atoms with Gasteiger partial charge in [-0.2, -0.15) is 5.48 Å². The van der Waals surface area contributed by atoms with Gasteiger partial charge in [0.1, 0.15) is 0 Å². The molecule has 0 aromatic carbocycles. The average Bonchev–Trinajstić information content (AvgIpc) is 2.45. The van der Waals surface area contributed by atoms with Gasteiger partial charge in [-0.15, -0.1) is 0 Å². The van der Waals surface area contributed by atoms with Crippen LogP contribution in [0, 0.1) is 0 Å². The van der Waals surface area contributed by atoms with Crippen LogP contribution in [0.25, 0.3) is 0 Å². The Balaban J connectivity index is 3.07. The molecule has 120 valence electrons. The first kappa shape index (κ1) is 19.4. The first-order valence-electron chi connectivity index (χ1n) is 8.43. The fraction of sp³-hybridized carbons (Fsp3) is 0.938. The van der Waals surface area contributed by atoms with Gasteiger partial charge in [0.25, 0.3) is 0 Å². The van der Waals surface area contributed by atoms with Crippen molar-refractivity contribution in [1.29, 1.82) is 0 Å². The van der Waals surface area contributed by atoms with E-state index >= 15 is 0 Å². The summed E-state index contributed by atoms with van der Waals surface area (Å²) < 4.78 is 0. The Labute approximate surface area is 124 Å². The summed E-state index contributed by atoms with van der Waals surface area (Å²) in [5, 5.41) is 0. The third kappa shape index (κ3) is 15.4. The Hall–Kier alpha value is -0.610. The van der Waals surface area contributed by atoms with Crippen LogP contribution in [0.5, 0.6) is 0 Å². The van der Waals surface area contributed by atoms with Crippen LogP contribution in [-0.4, -0.2) is 19.1 Å². The standard InChI is InChI=1S/C16H34N2O2/c1-2-3-4-5-6-7-8-9-10-11-12-13-16(19)20-18-15-14-17/h18H,2-15,17H2,1H3. The molecule has 0 aliphatic heterocycles. The van der Waals surface area contributed by atoms with Crippen molar-refractivity contribution in [2.45, 2.75) is 84.0 Å². The molecule has 0 bridgehead atoms. The van der Waals surface area contributed by atoms with Crippen LogP contribution < -0.4 is 11.2 Å². The first-order valence-corrected chi connectivity index (χ1v) is 8.43. The third-order valence-corrected chi connectivity index (χ3v) is 3.42. The van der Waals surface area contributed by atoms with Crippen LogP contribution in [0.1, 0.15) is 84.0 Å². The van der Waals surface area contributed by atoms with Crippen molar-refractivity contribution < 1.29 is 9.63 Å². The van der Waals surface area contributed by atoms with Gasteiger partial charge in [0.05, 0.1) is 0 Å². The van der Waals surface area contributed by atoms with Gasteiger partial charge in [0, 0.05) is 19.5 Å². The average molecular weight is 286 g/mol. The molecule has 0 aliphatic rings. The minimum atomic E-state index is -0.172. The highest BCUT2D eigenvalue weighted by Crippen LogP contribution is 2.11. The lowest BCUT2D eigenvalue weighted by atomic mass is 10.1. The number of hydroxylamine groups is 1. The summed E-state index contributed by atoms with van der Waals surface area (Å²) in [6.07, 6.45) is 14.7. The normalized spacial score (nSPS) is 10.7. The molecule has 4 nitrogen and oxygen atoms in total. The number of unbranched alkanes of at least 4 members (excludes halogenated alkanes) is 10. The van der Waals surface area contributed by atoms with Crippen LogP contribution in [0.3, 0.4) is 0 Å². The Morgan fingerprint density at radius 2 is 1.40 bits per heavy atom. The molecule has 0 fully saturated rings. The number of carbonyl (C=O) groups excluding carboxylic acids is 1. The highest BCUT2D eigenvalue weighted by molar-refractivity contribution is 5.68. The van der Waals surface area contributed by atoms with E-state index in [1.54, 1.807) is 0 Å². The van der Waals surface area contributed by atoms with Gasteiger partial charge in [-0.05, 0) is 6.42 Å². The van der Waals surface area contributed by atoms with E-state index in [-0.39, 0.29) is 5.97 Å². The van der Waals surface area contributed by atoms with Gasteiger partial charge >= 0.3 is 5.97 Å². The second-order valence-corrected chi connectivity index (χ2v) is 5.44. The van der Waals surface area contributed by atoms with Crippen molar-refractivity contribution in [3.8, 4) is 0 Å². The number of nitrogens with two attached hydrogens (primary N) is 1. The molecule has 0 aromatic heterocycles. The van der Waals surface area contributed by atoms with Gasteiger partial charge in [0.15, 0.2) is 0 Å². The zero-order chi connectivity index (χ0) is 14.9. The van der Waals surface area contributed by atoms with Gasteiger partial charge in [-0.3, -0.25) is 4.79 Å². The Morgan fingerprint density at radius 3 is 1.90 bits per heavy atom. The van der Waals surface area contributed by atoms with Crippen LogP contribution in [0.2, 0.25) is 0 Å². The molecule has 3 N–H and O–H groups in total. The van der Waals surface area contributed by atoms with Crippen molar-refractivity contribution in [2.24, 2.45) is 5.73 Å². The number of carbonyl (C=O) groups is 1. The largest absolute Gasteiger partial charge is 0.371 e. The summed E-state index contributed by atoms with van der Waals surface area (Å²) in [6.45, 7) is 3.25. The molecule has 4 heteroatoms. The minimum Gasteiger partial charge on any atom is -0.371 e. The molecule has 0 spiro atoms. The molecule has 0 rings (SSSR count). The second kappa shape index (κ2) is 16.4. The lowest BCUT2D eigenvalue weighted by molar-refractivity contribution is -0.151. The molecule has 0 saturated carbocycles. The summed E-state index contributed by atoms with van der Waals surface area (Å²) >= 11 is 0. The Morgan fingerprint density at radius 1 is 0.900 bits per heavy atom. The molecule has 0 heterocycles. The SMILES string of the molecule is CCCCCCCCCCCCCC(=O)ONCCN. The van der Waals surface area contributed by atoms with Crippen LogP contribution in [0.4, 0.5) is 0 Å². The van der Waals surface area contributed by atoms with E-state index in [1.807, 2.05) is 0 Å². The molecule has 0 aromatic rings. The number of nitrogens with one attached hydrogen (secondary N) is 1. The highest BCUT2D eigenvalue weighted by atomic mass is 16.7. The minimum absolute atomic E-state index is 0.172. The fourth-order valence-electron chi connectivity index (χ4n) is 2.18. The molecular weight excluding hydrogens is 252 g/mol. The van der Waals surface area contributed by atoms with E-state index in [2.05, 4.69) is 12.4 Å². The van der Waals surface area contributed by atoms with Gasteiger partial charge < -0.3 is 10.6 Å². The second-order valence-electron chi connectivity index (χ2n) is 5.44. The summed E-state index contributed by atoms with van der Waals surface area (Å²) in [7, 11) is 0.